The lowest BCUT2D eigenvalue weighted by Crippen LogP contribution is -2.32. The molecule has 1 atom stereocenters. The van der Waals surface area contributed by atoms with E-state index in [1.807, 2.05) is 0 Å². The third-order valence-corrected chi connectivity index (χ3v) is 5.12. The molecule has 0 aliphatic carbocycles. The Bertz CT molecular complexity index is 535. The smallest absolute Gasteiger partial charge is 0.214 e. The van der Waals surface area contributed by atoms with E-state index in [0.29, 0.717) is 5.56 Å². The topological polar surface area (TPSA) is 49.4 Å². The van der Waals surface area contributed by atoms with Gasteiger partial charge in [0.25, 0.3) is 0 Å². The van der Waals surface area contributed by atoms with Crippen molar-refractivity contribution in [1.82, 2.24) is 9.62 Å². The molecule has 1 aromatic rings. The monoisotopic (exact) mass is 352 g/mol. The number of benzene rings is 1. The molecule has 0 spiro atoms. The van der Waals surface area contributed by atoms with Crippen LogP contribution in [0.5, 0.6) is 0 Å². The molecule has 0 aromatic heterocycles. The lowest BCUT2D eigenvalue weighted by Gasteiger charge is -2.17. The number of hydrogen-bond donors (Lipinski definition) is 1. The fraction of sp³-hybridized carbons (Fsp3) is 0.500. The van der Waals surface area contributed by atoms with E-state index in [0.717, 1.165) is 4.47 Å². The molecule has 0 saturated heterocycles. The van der Waals surface area contributed by atoms with Gasteiger partial charge in [-0.3, -0.25) is 0 Å². The molecule has 1 aromatic carbocycles. The van der Waals surface area contributed by atoms with Crippen LogP contribution in [0.15, 0.2) is 22.7 Å². The molecule has 0 radical (unpaired) electrons. The molecule has 0 bridgehead atoms. The first kappa shape index (κ1) is 16.6. The van der Waals surface area contributed by atoms with Crippen molar-refractivity contribution < 1.29 is 12.8 Å². The molecule has 0 amide bonds. The van der Waals surface area contributed by atoms with Gasteiger partial charge in [-0.05, 0) is 25.1 Å². The molecule has 1 rings (SSSR count). The summed E-state index contributed by atoms with van der Waals surface area (Å²) < 4.78 is 38.7. The van der Waals surface area contributed by atoms with Crippen LogP contribution in [0, 0.1) is 5.82 Å². The van der Waals surface area contributed by atoms with E-state index in [1.165, 1.54) is 24.5 Å². The van der Waals surface area contributed by atoms with E-state index < -0.39 is 10.0 Å². The second kappa shape index (κ2) is 6.78. The molecule has 7 heteroatoms. The largest absolute Gasteiger partial charge is 0.309 e. The van der Waals surface area contributed by atoms with Gasteiger partial charge in [0.1, 0.15) is 5.82 Å². The maximum atomic E-state index is 13.6. The van der Waals surface area contributed by atoms with E-state index in [9.17, 15) is 12.8 Å². The zero-order valence-corrected chi connectivity index (χ0v) is 13.6. The summed E-state index contributed by atoms with van der Waals surface area (Å²) in [6, 6.07) is 4.44. The summed E-state index contributed by atoms with van der Waals surface area (Å²) in [6.45, 7) is 2.07. The maximum absolute atomic E-state index is 13.6. The number of hydrogen-bond acceptors (Lipinski definition) is 3. The van der Waals surface area contributed by atoms with Gasteiger partial charge in [0, 0.05) is 36.7 Å². The van der Waals surface area contributed by atoms with Gasteiger partial charge in [0.05, 0.1) is 5.75 Å². The summed E-state index contributed by atoms with van der Waals surface area (Å²) in [5.74, 6) is -0.321. The van der Waals surface area contributed by atoms with Crippen LogP contribution in [-0.2, 0) is 10.0 Å². The van der Waals surface area contributed by atoms with Crippen molar-refractivity contribution in [2.75, 3.05) is 26.4 Å². The van der Waals surface area contributed by atoms with E-state index in [2.05, 4.69) is 21.2 Å². The van der Waals surface area contributed by atoms with Crippen LogP contribution in [0.25, 0.3) is 0 Å². The van der Waals surface area contributed by atoms with Crippen LogP contribution < -0.4 is 5.32 Å². The minimum absolute atomic E-state index is 0.0139. The number of nitrogens with one attached hydrogen (secondary N) is 1. The third-order valence-electron chi connectivity index (χ3n) is 2.79. The van der Waals surface area contributed by atoms with E-state index in [1.54, 1.807) is 19.1 Å². The van der Waals surface area contributed by atoms with Gasteiger partial charge in [0.2, 0.25) is 10.0 Å². The Balaban J connectivity index is 2.61. The van der Waals surface area contributed by atoms with Crippen molar-refractivity contribution in [3.63, 3.8) is 0 Å². The Morgan fingerprint density at radius 1 is 1.42 bits per heavy atom. The molecule has 0 aliphatic heterocycles. The molecular weight excluding hydrogens is 335 g/mol. The highest BCUT2D eigenvalue weighted by atomic mass is 79.9. The summed E-state index contributed by atoms with van der Waals surface area (Å²) in [4.78, 5) is 0. The van der Waals surface area contributed by atoms with Gasteiger partial charge in [-0.25, -0.2) is 17.1 Å². The molecule has 0 fully saturated rings. The second-order valence-electron chi connectivity index (χ2n) is 4.44. The van der Waals surface area contributed by atoms with Crippen LogP contribution in [0.2, 0.25) is 0 Å². The zero-order valence-electron chi connectivity index (χ0n) is 11.2. The Morgan fingerprint density at radius 3 is 2.63 bits per heavy atom. The quantitative estimate of drug-likeness (QED) is 0.853. The molecule has 108 valence electrons. The SMILES string of the molecule is CC(NCCS(=O)(=O)N(C)C)c1cc(Br)ccc1F. The van der Waals surface area contributed by atoms with Gasteiger partial charge in [-0.15, -0.1) is 0 Å². The standard InChI is InChI=1S/C12H18BrFN2O2S/c1-9(11-8-10(13)4-5-12(11)14)15-6-7-19(17,18)16(2)3/h4-5,8-9,15H,6-7H2,1-3H3. The molecule has 4 nitrogen and oxygen atoms in total. The zero-order chi connectivity index (χ0) is 14.6. The third kappa shape index (κ3) is 4.83. The highest BCUT2D eigenvalue weighted by Crippen LogP contribution is 2.21. The van der Waals surface area contributed by atoms with Crippen molar-refractivity contribution in [2.24, 2.45) is 0 Å². The minimum atomic E-state index is -3.23. The first-order chi connectivity index (χ1) is 8.74. The first-order valence-corrected chi connectivity index (χ1v) is 8.23. The van der Waals surface area contributed by atoms with Crippen LogP contribution in [0.3, 0.4) is 0 Å². The number of halogens is 2. The normalized spacial score (nSPS) is 13.8. The fourth-order valence-corrected chi connectivity index (χ4v) is 2.66. The Kier molecular flexibility index (Phi) is 5.91. The average Bonchev–Trinajstić information content (AvgIpc) is 2.31. The Morgan fingerprint density at radius 2 is 2.05 bits per heavy atom. The average molecular weight is 353 g/mol. The molecule has 1 unspecified atom stereocenters. The van der Waals surface area contributed by atoms with Gasteiger partial charge >= 0.3 is 0 Å². The summed E-state index contributed by atoms with van der Waals surface area (Å²) >= 11 is 3.29. The van der Waals surface area contributed by atoms with Crippen molar-refractivity contribution in [2.45, 2.75) is 13.0 Å². The van der Waals surface area contributed by atoms with Crippen LogP contribution in [0.4, 0.5) is 4.39 Å². The molecule has 0 heterocycles. The van der Waals surface area contributed by atoms with Crippen molar-refractivity contribution in [1.29, 1.82) is 0 Å². The molecule has 19 heavy (non-hydrogen) atoms. The number of nitrogens with zero attached hydrogens (tertiary/aromatic N) is 1. The highest BCUT2D eigenvalue weighted by molar-refractivity contribution is 9.10. The van der Waals surface area contributed by atoms with Crippen molar-refractivity contribution in [3.8, 4) is 0 Å². The lowest BCUT2D eigenvalue weighted by atomic mass is 10.1. The van der Waals surface area contributed by atoms with Crippen LogP contribution >= 0.6 is 15.9 Å². The summed E-state index contributed by atoms with van der Waals surface area (Å²) in [6.07, 6.45) is 0. The maximum Gasteiger partial charge on any atom is 0.214 e. The van der Waals surface area contributed by atoms with Crippen molar-refractivity contribution in [3.05, 3.63) is 34.1 Å². The van der Waals surface area contributed by atoms with Gasteiger partial charge in [-0.1, -0.05) is 15.9 Å². The predicted molar refractivity (Wildman–Crippen MR) is 78.0 cm³/mol. The number of rotatable bonds is 6. The first-order valence-electron chi connectivity index (χ1n) is 5.82. The van der Waals surface area contributed by atoms with Crippen LogP contribution in [0.1, 0.15) is 18.5 Å². The number of sulfonamides is 1. The molecule has 0 aliphatic rings. The fourth-order valence-electron chi connectivity index (χ4n) is 1.54. The van der Waals surface area contributed by atoms with E-state index in [-0.39, 0.29) is 24.2 Å². The van der Waals surface area contributed by atoms with Gasteiger partial charge in [0.15, 0.2) is 0 Å². The van der Waals surface area contributed by atoms with Gasteiger partial charge < -0.3 is 5.32 Å². The molecule has 0 saturated carbocycles. The summed E-state index contributed by atoms with van der Waals surface area (Å²) in [7, 11) is -0.241. The molecule has 1 N–H and O–H groups in total. The van der Waals surface area contributed by atoms with E-state index >= 15 is 0 Å². The summed E-state index contributed by atoms with van der Waals surface area (Å²) in [5.41, 5.74) is 0.511. The Hall–Kier alpha value is -0.500. The van der Waals surface area contributed by atoms with Gasteiger partial charge in [-0.2, -0.15) is 0 Å². The predicted octanol–water partition coefficient (Wildman–Crippen LogP) is 2.13. The van der Waals surface area contributed by atoms with Crippen molar-refractivity contribution >= 4 is 26.0 Å². The molecular formula is C12H18BrFN2O2S. The van der Waals surface area contributed by atoms with E-state index in [4.69, 9.17) is 0 Å². The summed E-state index contributed by atoms with van der Waals surface area (Å²) in [5, 5.41) is 3.01. The second-order valence-corrected chi connectivity index (χ2v) is 7.66. The highest BCUT2D eigenvalue weighted by Gasteiger charge is 2.15. The van der Waals surface area contributed by atoms with Crippen LogP contribution in [-0.4, -0.2) is 39.1 Å². The lowest BCUT2D eigenvalue weighted by molar-refractivity contribution is 0.507. The Labute approximate surface area is 122 Å². The minimum Gasteiger partial charge on any atom is -0.309 e.